The second-order valence-corrected chi connectivity index (χ2v) is 4.55. The van der Waals surface area contributed by atoms with Crippen molar-refractivity contribution in [3.05, 3.63) is 23.8 Å². The standard InChI is InChI=1S/C11H10BrF2NO4/c1-19-9(17)5-6-2-3-7(8(16)4-6)15-10(18)11(12,13)14/h2-4,16H,5H2,1H3,(H,15,18). The fourth-order valence-corrected chi connectivity index (χ4v) is 1.32. The van der Waals surface area contributed by atoms with Gasteiger partial charge in [0.2, 0.25) is 0 Å². The maximum Gasteiger partial charge on any atom is 0.378 e. The summed E-state index contributed by atoms with van der Waals surface area (Å²) in [5.74, 6) is -2.54. The lowest BCUT2D eigenvalue weighted by atomic mass is 10.1. The number of esters is 1. The summed E-state index contributed by atoms with van der Waals surface area (Å²) in [6.45, 7) is 0. The first-order valence-electron chi connectivity index (χ1n) is 5.01. The van der Waals surface area contributed by atoms with Crippen molar-refractivity contribution in [2.45, 2.75) is 11.3 Å². The van der Waals surface area contributed by atoms with Crippen LogP contribution >= 0.6 is 15.9 Å². The smallest absolute Gasteiger partial charge is 0.378 e. The second kappa shape index (κ2) is 5.96. The first-order valence-corrected chi connectivity index (χ1v) is 5.80. The number of halogens is 3. The number of aromatic hydroxyl groups is 1. The quantitative estimate of drug-likeness (QED) is 0.500. The van der Waals surface area contributed by atoms with Crippen LogP contribution in [-0.4, -0.2) is 28.9 Å². The van der Waals surface area contributed by atoms with Gasteiger partial charge < -0.3 is 15.2 Å². The van der Waals surface area contributed by atoms with E-state index in [1.807, 2.05) is 21.2 Å². The van der Waals surface area contributed by atoms with Gasteiger partial charge in [-0.05, 0) is 17.7 Å². The van der Waals surface area contributed by atoms with Gasteiger partial charge in [0.15, 0.2) is 0 Å². The molecule has 0 unspecified atom stereocenters. The van der Waals surface area contributed by atoms with Gasteiger partial charge in [-0.25, -0.2) is 0 Å². The van der Waals surface area contributed by atoms with Crippen molar-refractivity contribution in [2.24, 2.45) is 0 Å². The van der Waals surface area contributed by atoms with Crippen LogP contribution in [-0.2, 0) is 20.7 Å². The fraction of sp³-hybridized carbons (Fsp3) is 0.273. The van der Waals surface area contributed by atoms with Crippen LogP contribution in [0.4, 0.5) is 14.5 Å². The van der Waals surface area contributed by atoms with Crippen LogP contribution < -0.4 is 5.32 Å². The number of anilines is 1. The fourth-order valence-electron chi connectivity index (χ4n) is 1.22. The highest BCUT2D eigenvalue weighted by Gasteiger charge is 2.35. The first kappa shape index (κ1) is 15.4. The van der Waals surface area contributed by atoms with Crippen LogP contribution in [0, 0.1) is 0 Å². The lowest BCUT2D eigenvalue weighted by molar-refractivity contribution is -0.139. The zero-order valence-corrected chi connectivity index (χ0v) is 11.3. The highest BCUT2D eigenvalue weighted by Crippen LogP contribution is 2.28. The third-order valence-electron chi connectivity index (χ3n) is 2.14. The van der Waals surface area contributed by atoms with E-state index in [4.69, 9.17) is 0 Å². The molecule has 1 aromatic carbocycles. The number of amides is 1. The van der Waals surface area contributed by atoms with Crippen molar-refractivity contribution in [1.29, 1.82) is 0 Å². The van der Waals surface area contributed by atoms with Gasteiger partial charge in [0.05, 0.1) is 19.2 Å². The predicted octanol–water partition coefficient (Wildman–Crippen LogP) is 2.03. The van der Waals surface area contributed by atoms with Crippen molar-refractivity contribution in [1.82, 2.24) is 0 Å². The molecule has 104 valence electrons. The molecule has 0 aliphatic rings. The van der Waals surface area contributed by atoms with Crippen LogP contribution in [0.15, 0.2) is 18.2 Å². The lowest BCUT2D eigenvalue weighted by Crippen LogP contribution is -2.28. The van der Waals surface area contributed by atoms with Crippen LogP contribution in [0.1, 0.15) is 5.56 Å². The van der Waals surface area contributed by atoms with Gasteiger partial charge in [-0.1, -0.05) is 6.07 Å². The van der Waals surface area contributed by atoms with E-state index in [0.29, 0.717) is 5.56 Å². The Labute approximate surface area is 115 Å². The van der Waals surface area contributed by atoms with Crippen LogP contribution in [0.3, 0.4) is 0 Å². The normalized spacial score (nSPS) is 10.9. The molecule has 1 amide bonds. The summed E-state index contributed by atoms with van der Waals surface area (Å²) in [5, 5.41) is 11.4. The van der Waals surface area contributed by atoms with Gasteiger partial charge in [0.25, 0.3) is 0 Å². The minimum Gasteiger partial charge on any atom is -0.506 e. The molecule has 0 aliphatic carbocycles. The summed E-state index contributed by atoms with van der Waals surface area (Å²) in [6, 6.07) is 3.79. The third-order valence-corrected chi connectivity index (χ3v) is 2.50. The number of alkyl halides is 3. The topological polar surface area (TPSA) is 75.6 Å². The Balaban J connectivity index is 2.83. The number of nitrogens with one attached hydrogen (secondary N) is 1. The summed E-state index contributed by atoms with van der Waals surface area (Å²) in [4.78, 5) is 18.3. The molecule has 0 fully saturated rings. The maximum atomic E-state index is 12.6. The molecule has 0 heterocycles. The number of methoxy groups -OCH3 is 1. The molecule has 0 bridgehead atoms. The van der Waals surface area contributed by atoms with Crippen molar-refractivity contribution >= 4 is 33.5 Å². The van der Waals surface area contributed by atoms with E-state index < -0.39 is 22.5 Å². The molecular formula is C11H10BrF2NO4. The minimum absolute atomic E-state index is 0.0765. The second-order valence-electron chi connectivity index (χ2n) is 3.56. The molecule has 0 aliphatic heterocycles. The Hall–Kier alpha value is -1.70. The largest absolute Gasteiger partial charge is 0.506 e. The number of benzene rings is 1. The zero-order valence-electron chi connectivity index (χ0n) is 9.75. The van der Waals surface area contributed by atoms with Gasteiger partial charge in [-0.2, -0.15) is 8.78 Å². The number of hydrogen-bond acceptors (Lipinski definition) is 4. The molecule has 0 spiro atoms. The minimum atomic E-state index is -3.73. The average Bonchev–Trinajstić information content (AvgIpc) is 2.31. The molecule has 19 heavy (non-hydrogen) atoms. The van der Waals surface area contributed by atoms with Gasteiger partial charge in [-0.3, -0.25) is 9.59 Å². The Kier molecular flexibility index (Phi) is 4.82. The van der Waals surface area contributed by atoms with Crippen molar-refractivity contribution in [3.63, 3.8) is 0 Å². The Morgan fingerprint density at radius 3 is 2.58 bits per heavy atom. The summed E-state index contributed by atoms with van der Waals surface area (Å²) in [7, 11) is 1.22. The summed E-state index contributed by atoms with van der Waals surface area (Å²) in [6.07, 6.45) is -0.0765. The molecule has 2 N–H and O–H groups in total. The Morgan fingerprint density at radius 2 is 2.11 bits per heavy atom. The summed E-state index contributed by atoms with van der Waals surface area (Å²) in [5.41, 5.74) is 0.241. The number of phenols is 1. The zero-order chi connectivity index (χ0) is 14.6. The number of rotatable bonds is 4. The predicted molar refractivity (Wildman–Crippen MR) is 66.3 cm³/mol. The van der Waals surface area contributed by atoms with Crippen LogP contribution in [0.25, 0.3) is 0 Å². The van der Waals surface area contributed by atoms with Crippen LogP contribution in [0.2, 0.25) is 0 Å². The van der Waals surface area contributed by atoms with Gasteiger partial charge in [0.1, 0.15) is 5.75 Å². The van der Waals surface area contributed by atoms with Crippen molar-refractivity contribution in [2.75, 3.05) is 12.4 Å². The molecule has 1 aromatic rings. The van der Waals surface area contributed by atoms with E-state index in [1.54, 1.807) is 0 Å². The first-order chi connectivity index (χ1) is 8.74. The Morgan fingerprint density at radius 1 is 1.47 bits per heavy atom. The van der Waals surface area contributed by atoms with Gasteiger partial charge in [0, 0.05) is 15.9 Å². The molecule has 0 aromatic heterocycles. The van der Waals surface area contributed by atoms with E-state index in [-0.39, 0.29) is 12.1 Å². The highest BCUT2D eigenvalue weighted by atomic mass is 79.9. The Bertz CT molecular complexity index is 502. The molecule has 0 saturated carbocycles. The lowest BCUT2D eigenvalue weighted by Gasteiger charge is -2.11. The molecule has 0 radical (unpaired) electrons. The van der Waals surface area contributed by atoms with E-state index in [1.165, 1.54) is 25.3 Å². The number of carbonyl (C=O) groups excluding carboxylic acids is 2. The molecule has 0 atom stereocenters. The molecule has 8 heteroatoms. The summed E-state index contributed by atoms with van der Waals surface area (Å²) < 4.78 is 29.6. The van der Waals surface area contributed by atoms with Crippen molar-refractivity contribution in [3.8, 4) is 5.75 Å². The number of phenolic OH excluding ortho intramolecular Hbond substituents is 1. The number of ether oxygens (including phenoxy) is 1. The van der Waals surface area contributed by atoms with E-state index in [2.05, 4.69) is 4.74 Å². The highest BCUT2D eigenvalue weighted by molar-refractivity contribution is 9.10. The van der Waals surface area contributed by atoms with Gasteiger partial charge in [-0.15, -0.1) is 0 Å². The van der Waals surface area contributed by atoms with E-state index in [9.17, 15) is 23.5 Å². The van der Waals surface area contributed by atoms with E-state index in [0.717, 1.165) is 0 Å². The van der Waals surface area contributed by atoms with Crippen molar-refractivity contribution < 1.29 is 28.2 Å². The molecule has 1 rings (SSSR count). The van der Waals surface area contributed by atoms with E-state index >= 15 is 0 Å². The monoisotopic (exact) mass is 337 g/mol. The third kappa shape index (κ3) is 4.47. The molecule has 5 nitrogen and oxygen atoms in total. The number of carbonyl (C=O) groups is 2. The average molecular weight is 338 g/mol. The molecular weight excluding hydrogens is 328 g/mol. The summed E-state index contributed by atoms with van der Waals surface area (Å²) >= 11 is 1.89. The SMILES string of the molecule is COC(=O)Cc1ccc(NC(=O)C(F)(F)Br)c(O)c1. The molecule has 0 saturated heterocycles. The maximum absolute atomic E-state index is 12.6. The van der Waals surface area contributed by atoms with Gasteiger partial charge >= 0.3 is 16.7 Å². The number of hydrogen-bond donors (Lipinski definition) is 2. The van der Waals surface area contributed by atoms with Crippen LogP contribution in [0.5, 0.6) is 5.75 Å².